The summed E-state index contributed by atoms with van der Waals surface area (Å²) in [4.78, 5) is 38.2. The van der Waals surface area contributed by atoms with Crippen LogP contribution in [0, 0.1) is 11.3 Å². The number of methoxy groups -OCH3 is 2. The van der Waals surface area contributed by atoms with E-state index in [1.54, 1.807) is 47.2 Å². The molecule has 48 heavy (non-hydrogen) atoms. The van der Waals surface area contributed by atoms with Crippen molar-refractivity contribution in [1.82, 2.24) is 19.4 Å². The van der Waals surface area contributed by atoms with Gasteiger partial charge in [-0.05, 0) is 62.7 Å². The molecule has 0 saturated heterocycles. The summed E-state index contributed by atoms with van der Waals surface area (Å²) < 4.78 is 12.5. The number of amides is 1. The van der Waals surface area contributed by atoms with Gasteiger partial charge >= 0.3 is 0 Å². The second kappa shape index (κ2) is 17.0. The molecule has 11 nitrogen and oxygen atoms in total. The molecule has 0 aliphatic rings. The molecule has 13 heteroatoms. The first kappa shape index (κ1) is 36.2. The molecule has 4 aromatic rings. The molecular weight excluding hydrogens is 653 g/mol. The first-order valence-electron chi connectivity index (χ1n) is 15.6. The predicted octanol–water partition coefficient (Wildman–Crippen LogP) is 6.58. The minimum atomic E-state index is -0.586. The summed E-state index contributed by atoms with van der Waals surface area (Å²) in [6, 6.07) is 12.1. The summed E-state index contributed by atoms with van der Waals surface area (Å²) in [7, 11) is 2.94. The highest BCUT2D eigenvalue weighted by molar-refractivity contribution is 6.41. The van der Waals surface area contributed by atoms with Gasteiger partial charge in [0.2, 0.25) is 5.95 Å². The highest BCUT2D eigenvalue weighted by Gasteiger charge is 2.23. The Labute approximate surface area is 290 Å². The van der Waals surface area contributed by atoms with Gasteiger partial charge in [-0.15, -0.1) is 0 Å². The minimum Gasteiger partial charge on any atom is -0.495 e. The van der Waals surface area contributed by atoms with Crippen LogP contribution in [-0.4, -0.2) is 65.7 Å². The zero-order chi connectivity index (χ0) is 34.8. The van der Waals surface area contributed by atoms with Crippen molar-refractivity contribution < 1.29 is 14.3 Å². The van der Waals surface area contributed by atoms with Gasteiger partial charge in [0.1, 0.15) is 28.8 Å². The first-order valence-corrected chi connectivity index (χ1v) is 16.4. The van der Waals surface area contributed by atoms with Crippen molar-refractivity contribution in [1.29, 1.82) is 5.26 Å². The van der Waals surface area contributed by atoms with Gasteiger partial charge in [0.05, 0.1) is 29.8 Å². The molecule has 0 atom stereocenters. The lowest BCUT2D eigenvalue weighted by atomic mass is 10.0. The molecule has 0 aliphatic carbocycles. The third-order valence-electron chi connectivity index (χ3n) is 7.97. The second-order valence-electron chi connectivity index (χ2n) is 10.9. The van der Waals surface area contributed by atoms with Crippen LogP contribution in [0.25, 0.3) is 22.2 Å². The van der Waals surface area contributed by atoms with Crippen LogP contribution in [0.1, 0.15) is 32.3 Å². The Kier molecular flexibility index (Phi) is 12.8. The van der Waals surface area contributed by atoms with Crippen molar-refractivity contribution in [2.45, 2.75) is 39.7 Å². The number of fused-ring (bicyclic) bond motifs is 1. The Balaban J connectivity index is 1.73. The Morgan fingerprint density at radius 1 is 1.08 bits per heavy atom. The van der Waals surface area contributed by atoms with Crippen LogP contribution in [0.15, 0.2) is 59.5 Å². The molecule has 0 aliphatic heterocycles. The fraction of sp³-hybridized carbons (Fsp3) is 0.343. The highest BCUT2D eigenvalue weighted by atomic mass is 35.5. The number of unbranched alkanes of at least 4 members (excludes halogenated alkanes) is 1. The number of aryl methyl sites for hydroxylation is 2. The van der Waals surface area contributed by atoms with Crippen LogP contribution in [0.3, 0.4) is 0 Å². The van der Waals surface area contributed by atoms with Crippen LogP contribution < -0.4 is 25.7 Å². The SMILES string of the molecule is C=C(C#N)C(=O)Nc1cccc(CCn2c(=O)c(-c3c(Cl)c(OC)cc(OC)c3Cl)cc3cnc(NCCCCN(CC)CC)nc32)c1. The minimum absolute atomic E-state index is 0.164. The quantitative estimate of drug-likeness (QED) is 0.0759. The average Bonchev–Trinajstić information content (AvgIpc) is 3.09. The van der Waals surface area contributed by atoms with Gasteiger partial charge in [-0.2, -0.15) is 10.2 Å². The van der Waals surface area contributed by atoms with E-state index in [1.165, 1.54) is 14.2 Å². The monoisotopic (exact) mass is 691 g/mol. The van der Waals surface area contributed by atoms with Crippen LogP contribution in [0.4, 0.5) is 11.6 Å². The third-order valence-corrected chi connectivity index (χ3v) is 8.72. The lowest BCUT2D eigenvalue weighted by Gasteiger charge is -2.18. The molecule has 0 bridgehead atoms. The summed E-state index contributed by atoms with van der Waals surface area (Å²) in [6.07, 6.45) is 4.04. The Morgan fingerprint density at radius 2 is 1.79 bits per heavy atom. The number of carbonyl (C=O) groups is 1. The highest BCUT2D eigenvalue weighted by Crippen LogP contribution is 2.45. The smallest absolute Gasteiger partial charge is 0.265 e. The van der Waals surface area contributed by atoms with E-state index in [9.17, 15) is 9.59 Å². The van der Waals surface area contributed by atoms with Gasteiger partial charge < -0.3 is 25.0 Å². The topological polar surface area (TPSA) is 134 Å². The van der Waals surface area contributed by atoms with E-state index in [1.807, 2.05) is 6.07 Å². The molecule has 2 aromatic heterocycles. The molecule has 2 heterocycles. The van der Waals surface area contributed by atoms with Gasteiger partial charge in [-0.1, -0.05) is 55.8 Å². The fourth-order valence-corrected chi connectivity index (χ4v) is 5.96. The van der Waals surface area contributed by atoms with E-state index < -0.39 is 5.91 Å². The van der Waals surface area contributed by atoms with Gasteiger partial charge in [0.15, 0.2) is 0 Å². The lowest BCUT2D eigenvalue weighted by molar-refractivity contribution is -0.112. The number of carbonyl (C=O) groups excluding carboxylic acids is 1. The molecule has 2 aromatic carbocycles. The number of aromatic nitrogens is 3. The van der Waals surface area contributed by atoms with Crippen LogP contribution >= 0.6 is 23.2 Å². The number of nitrogens with zero attached hydrogens (tertiary/aromatic N) is 5. The number of hydrogen-bond donors (Lipinski definition) is 2. The molecular formula is C35H39Cl2N7O4. The second-order valence-corrected chi connectivity index (χ2v) is 11.7. The third kappa shape index (κ3) is 8.44. The molecule has 2 N–H and O–H groups in total. The van der Waals surface area contributed by atoms with Crippen LogP contribution in [0.5, 0.6) is 11.5 Å². The summed E-state index contributed by atoms with van der Waals surface area (Å²) in [5.74, 6) is 0.423. The first-order chi connectivity index (χ1) is 23.1. The Morgan fingerprint density at radius 3 is 2.44 bits per heavy atom. The van der Waals surface area contributed by atoms with Gasteiger partial charge in [0, 0.05) is 42.0 Å². The number of rotatable bonds is 16. The molecule has 0 unspecified atom stereocenters. The van der Waals surface area contributed by atoms with E-state index in [4.69, 9.17) is 42.9 Å². The zero-order valence-corrected chi connectivity index (χ0v) is 29.0. The maximum atomic E-state index is 14.3. The number of hydrogen-bond acceptors (Lipinski definition) is 9. The Bertz CT molecular complexity index is 1870. The fourth-order valence-electron chi connectivity index (χ4n) is 5.26. The zero-order valence-electron chi connectivity index (χ0n) is 27.5. The Hall–Kier alpha value is -4.63. The van der Waals surface area contributed by atoms with Gasteiger partial charge in [0.25, 0.3) is 11.5 Å². The maximum Gasteiger partial charge on any atom is 0.265 e. The van der Waals surface area contributed by atoms with Crippen molar-refractivity contribution >= 4 is 51.8 Å². The number of ether oxygens (including phenoxy) is 2. The van der Waals surface area contributed by atoms with E-state index in [-0.39, 0.29) is 38.8 Å². The molecule has 0 saturated carbocycles. The number of pyridine rings is 1. The van der Waals surface area contributed by atoms with Crippen LogP contribution in [0.2, 0.25) is 10.0 Å². The summed E-state index contributed by atoms with van der Waals surface area (Å²) in [6.45, 7) is 11.7. The number of nitriles is 1. The lowest BCUT2D eigenvalue weighted by Crippen LogP contribution is -2.25. The summed E-state index contributed by atoms with van der Waals surface area (Å²) in [5, 5.41) is 15.9. The number of anilines is 2. The van der Waals surface area contributed by atoms with E-state index >= 15 is 0 Å². The maximum absolute atomic E-state index is 14.3. The average molecular weight is 693 g/mol. The summed E-state index contributed by atoms with van der Waals surface area (Å²) in [5.41, 5.74) is 1.69. The number of nitrogens with one attached hydrogen (secondary N) is 2. The number of halogens is 2. The predicted molar refractivity (Wildman–Crippen MR) is 191 cm³/mol. The van der Waals surface area contributed by atoms with Crippen molar-refractivity contribution in [3.05, 3.63) is 80.7 Å². The molecule has 0 spiro atoms. The summed E-state index contributed by atoms with van der Waals surface area (Å²) >= 11 is 13.5. The van der Waals surface area contributed by atoms with E-state index in [0.29, 0.717) is 47.1 Å². The molecule has 4 rings (SSSR count). The number of benzene rings is 2. The van der Waals surface area contributed by atoms with Crippen LogP contribution in [-0.2, 0) is 17.8 Å². The molecule has 0 fully saturated rings. The van der Waals surface area contributed by atoms with Crippen molar-refractivity contribution in [3.8, 4) is 28.7 Å². The van der Waals surface area contributed by atoms with Gasteiger partial charge in [-0.25, -0.2) is 4.98 Å². The normalized spacial score (nSPS) is 11.0. The van der Waals surface area contributed by atoms with Crippen molar-refractivity contribution in [2.75, 3.05) is 51.0 Å². The molecule has 1 amide bonds. The molecule has 0 radical (unpaired) electrons. The van der Waals surface area contributed by atoms with Gasteiger partial charge in [-0.3, -0.25) is 14.2 Å². The molecule has 252 valence electrons. The van der Waals surface area contributed by atoms with E-state index in [0.717, 1.165) is 38.0 Å². The largest absolute Gasteiger partial charge is 0.495 e. The van der Waals surface area contributed by atoms with E-state index in [2.05, 4.69) is 40.9 Å². The standard InChI is InChI=1S/C35H39Cl2N7O4/c1-6-43(7-2)15-9-8-14-39-35-40-21-24-18-26(29-30(36)27(47-4)19-28(48-5)31(29)37)34(46)44(32(24)42-35)16-13-23-11-10-12-25(17-23)41-33(45)22(3)20-38/h10-12,17-19,21H,3,6-9,13-16H2,1-2,4-5H3,(H,41,45)(H,39,40,42). The van der Waals surface area contributed by atoms with Crippen molar-refractivity contribution in [2.24, 2.45) is 0 Å². The van der Waals surface area contributed by atoms with Crippen molar-refractivity contribution in [3.63, 3.8) is 0 Å².